The first kappa shape index (κ1) is 15.3. The van der Waals surface area contributed by atoms with Crippen molar-refractivity contribution in [3.05, 3.63) is 35.1 Å². The summed E-state index contributed by atoms with van der Waals surface area (Å²) in [6.07, 6.45) is 0.523. The number of halogens is 3. The topological polar surface area (TPSA) is 57.6 Å². The molecule has 7 heteroatoms. The van der Waals surface area contributed by atoms with Crippen LogP contribution in [0.5, 0.6) is 0 Å². The highest BCUT2D eigenvalue weighted by atomic mass is 19.1. The second-order valence-electron chi connectivity index (χ2n) is 5.16. The molecule has 0 spiro atoms. The number of carboxylic acids is 1. The standard InChI is InChI=1S/C14H14F3NO3/c1-2-14(13(20)21)3-4-18(7-14)12(19)11-9(16)5-8(15)6-10(11)17/h5-6H,2-4,7H2,1H3,(H,20,21). The molecule has 114 valence electrons. The second kappa shape index (κ2) is 5.38. The summed E-state index contributed by atoms with van der Waals surface area (Å²) in [5.41, 5.74) is -1.95. The molecule has 0 aromatic heterocycles. The Bertz CT molecular complexity index is 582. The Morgan fingerprint density at radius 1 is 1.29 bits per heavy atom. The molecule has 0 bridgehead atoms. The number of benzene rings is 1. The van der Waals surface area contributed by atoms with Crippen LogP contribution in [0.4, 0.5) is 13.2 Å². The van der Waals surface area contributed by atoms with E-state index in [4.69, 9.17) is 0 Å². The van der Waals surface area contributed by atoms with Gasteiger partial charge in [0.25, 0.3) is 5.91 Å². The smallest absolute Gasteiger partial charge is 0.311 e. The van der Waals surface area contributed by atoms with Gasteiger partial charge < -0.3 is 10.0 Å². The minimum absolute atomic E-state index is 0.0925. The average molecular weight is 301 g/mol. The number of carboxylic acid groups (broad SMARTS) is 1. The van der Waals surface area contributed by atoms with Gasteiger partial charge in [0.05, 0.1) is 5.41 Å². The highest BCUT2D eigenvalue weighted by Crippen LogP contribution is 2.35. The van der Waals surface area contributed by atoms with Gasteiger partial charge >= 0.3 is 5.97 Å². The van der Waals surface area contributed by atoms with E-state index in [1.54, 1.807) is 6.92 Å². The number of carbonyl (C=O) groups excluding carboxylic acids is 1. The first-order valence-corrected chi connectivity index (χ1v) is 6.48. The summed E-state index contributed by atoms with van der Waals surface area (Å²) in [7, 11) is 0. The Labute approximate surface area is 119 Å². The van der Waals surface area contributed by atoms with Gasteiger partial charge in [0.1, 0.15) is 23.0 Å². The normalized spacial score (nSPS) is 21.6. The monoisotopic (exact) mass is 301 g/mol. The fraction of sp³-hybridized carbons (Fsp3) is 0.429. The fourth-order valence-corrected chi connectivity index (χ4v) is 2.56. The van der Waals surface area contributed by atoms with E-state index >= 15 is 0 Å². The Morgan fingerprint density at radius 2 is 1.86 bits per heavy atom. The minimum Gasteiger partial charge on any atom is -0.481 e. The molecule has 0 saturated carbocycles. The molecule has 1 N–H and O–H groups in total. The molecule has 1 saturated heterocycles. The first-order valence-electron chi connectivity index (χ1n) is 6.48. The molecule has 1 aromatic carbocycles. The second-order valence-corrected chi connectivity index (χ2v) is 5.16. The van der Waals surface area contributed by atoms with Gasteiger partial charge in [0.2, 0.25) is 0 Å². The molecule has 21 heavy (non-hydrogen) atoms. The number of carbonyl (C=O) groups is 2. The lowest BCUT2D eigenvalue weighted by molar-refractivity contribution is -0.148. The van der Waals surface area contributed by atoms with Crippen molar-refractivity contribution < 1.29 is 27.9 Å². The molecule has 1 unspecified atom stereocenters. The number of amides is 1. The molecular formula is C14H14F3NO3. The van der Waals surface area contributed by atoms with E-state index in [0.717, 1.165) is 4.90 Å². The number of aliphatic carboxylic acids is 1. The van der Waals surface area contributed by atoms with E-state index in [1.165, 1.54) is 0 Å². The van der Waals surface area contributed by atoms with E-state index in [-0.39, 0.29) is 19.5 Å². The van der Waals surface area contributed by atoms with Crippen LogP contribution in [0.2, 0.25) is 0 Å². The third-order valence-electron chi connectivity index (χ3n) is 3.99. The Kier molecular flexibility index (Phi) is 3.93. The summed E-state index contributed by atoms with van der Waals surface area (Å²) >= 11 is 0. The number of hydrogen-bond acceptors (Lipinski definition) is 2. The predicted molar refractivity (Wildman–Crippen MR) is 67.2 cm³/mol. The van der Waals surface area contributed by atoms with Crippen LogP contribution in [0.25, 0.3) is 0 Å². The van der Waals surface area contributed by atoms with E-state index in [9.17, 15) is 27.9 Å². The van der Waals surface area contributed by atoms with E-state index in [1.807, 2.05) is 0 Å². The zero-order valence-corrected chi connectivity index (χ0v) is 11.3. The maximum absolute atomic E-state index is 13.6. The lowest BCUT2D eigenvalue weighted by Gasteiger charge is -2.23. The van der Waals surface area contributed by atoms with Gasteiger partial charge in [-0.2, -0.15) is 0 Å². The highest BCUT2D eigenvalue weighted by molar-refractivity contribution is 5.95. The lowest BCUT2D eigenvalue weighted by Crippen LogP contribution is -2.37. The number of likely N-dealkylation sites (tertiary alicyclic amines) is 1. The maximum Gasteiger partial charge on any atom is 0.311 e. The molecular weight excluding hydrogens is 287 g/mol. The van der Waals surface area contributed by atoms with E-state index in [2.05, 4.69) is 0 Å². The van der Waals surface area contributed by atoms with Crippen molar-refractivity contribution in [1.82, 2.24) is 4.90 Å². The van der Waals surface area contributed by atoms with Crippen LogP contribution in [0.1, 0.15) is 30.1 Å². The first-order chi connectivity index (χ1) is 9.80. The van der Waals surface area contributed by atoms with Crippen molar-refractivity contribution >= 4 is 11.9 Å². The van der Waals surface area contributed by atoms with Crippen LogP contribution < -0.4 is 0 Å². The molecule has 1 aliphatic rings. The van der Waals surface area contributed by atoms with Gasteiger partial charge in [-0.05, 0) is 12.8 Å². The van der Waals surface area contributed by atoms with Crippen molar-refractivity contribution in [3.8, 4) is 0 Å². The molecule has 1 atom stereocenters. The van der Waals surface area contributed by atoms with Crippen molar-refractivity contribution in [2.24, 2.45) is 5.41 Å². The summed E-state index contributed by atoms with van der Waals surface area (Å²) in [6.45, 7) is 1.66. The van der Waals surface area contributed by atoms with Crippen molar-refractivity contribution in [2.75, 3.05) is 13.1 Å². The molecule has 1 fully saturated rings. The molecule has 1 heterocycles. The largest absolute Gasteiger partial charge is 0.481 e. The molecule has 4 nitrogen and oxygen atoms in total. The Morgan fingerprint density at radius 3 is 2.29 bits per heavy atom. The molecule has 1 aromatic rings. The van der Waals surface area contributed by atoms with Crippen LogP contribution in [-0.2, 0) is 4.79 Å². The lowest BCUT2D eigenvalue weighted by atomic mass is 9.84. The van der Waals surface area contributed by atoms with Gasteiger partial charge in [-0.1, -0.05) is 6.92 Å². The zero-order valence-electron chi connectivity index (χ0n) is 11.3. The zero-order chi connectivity index (χ0) is 15.8. The predicted octanol–water partition coefficient (Wildman–Crippen LogP) is 2.43. The van der Waals surface area contributed by atoms with Crippen molar-refractivity contribution in [3.63, 3.8) is 0 Å². The van der Waals surface area contributed by atoms with Gasteiger partial charge in [-0.15, -0.1) is 0 Å². The Balaban J connectivity index is 2.29. The highest BCUT2D eigenvalue weighted by Gasteiger charge is 2.45. The Hall–Kier alpha value is -2.05. The van der Waals surface area contributed by atoms with Crippen LogP contribution >= 0.6 is 0 Å². The van der Waals surface area contributed by atoms with Crippen LogP contribution in [-0.4, -0.2) is 35.0 Å². The summed E-state index contributed by atoms with van der Waals surface area (Å²) in [5.74, 6) is -5.69. The molecule has 2 rings (SSSR count). The van der Waals surface area contributed by atoms with Crippen LogP contribution in [0, 0.1) is 22.9 Å². The van der Waals surface area contributed by atoms with Gasteiger partial charge in [0.15, 0.2) is 0 Å². The summed E-state index contributed by atoms with van der Waals surface area (Å²) < 4.78 is 40.1. The summed E-state index contributed by atoms with van der Waals surface area (Å²) in [4.78, 5) is 24.6. The fourth-order valence-electron chi connectivity index (χ4n) is 2.56. The third-order valence-corrected chi connectivity index (χ3v) is 3.99. The third kappa shape index (κ3) is 2.59. The van der Waals surface area contributed by atoms with Crippen LogP contribution in [0.15, 0.2) is 12.1 Å². The van der Waals surface area contributed by atoms with E-state index < -0.39 is 40.3 Å². The summed E-state index contributed by atoms with van der Waals surface area (Å²) in [5, 5.41) is 9.24. The number of rotatable bonds is 3. The molecule has 1 amide bonds. The van der Waals surface area contributed by atoms with Gasteiger partial charge in [-0.25, -0.2) is 13.2 Å². The SMILES string of the molecule is CCC1(C(=O)O)CCN(C(=O)c2c(F)cc(F)cc2F)C1. The van der Waals surface area contributed by atoms with Crippen molar-refractivity contribution in [2.45, 2.75) is 19.8 Å². The molecule has 0 radical (unpaired) electrons. The van der Waals surface area contributed by atoms with Gasteiger partial charge in [-0.3, -0.25) is 9.59 Å². The van der Waals surface area contributed by atoms with Gasteiger partial charge in [0, 0.05) is 25.2 Å². The molecule has 1 aliphatic heterocycles. The number of nitrogens with zero attached hydrogens (tertiary/aromatic N) is 1. The quantitative estimate of drug-likeness (QED) is 0.933. The van der Waals surface area contributed by atoms with E-state index in [0.29, 0.717) is 18.6 Å². The summed E-state index contributed by atoms with van der Waals surface area (Å²) in [6, 6.07) is 0.854. The molecule has 0 aliphatic carbocycles. The van der Waals surface area contributed by atoms with Crippen LogP contribution in [0.3, 0.4) is 0 Å². The average Bonchev–Trinajstić information content (AvgIpc) is 2.83. The van der Waals surface area contributed by atoms with Crippen molar-refractivity contribution in [1.29, 1.82) is 0 Å². The number of hydrogen-bond donors (Lipinski definition) is 1. The minimum atomic E-state index is -1.29. The maximum atomic E-state index is 13.6.